The second-order valence-corrected chi connectivity index (χ2v) is 7.27. The quantitative estimate of drug-likeness (QED) is 0.858. The molecule has 1 saturated carbocycles. The maximum absolute atomic E-state index is 12.3. The number of fused-ring (bicyclic) bond motifs is 1. The largest absolute Gasteiger partial charge is 0.375 e. The number of likely N-dealkylation sites (tertiary alicyclic amines) is 1. The average molecular weight is 317 g/mol. The van der Waals surface area contributed by atoms with E-state index in [9.17, 15) is 4.79 Å². The number of pyridine rings is 1. The average Bonchev–Trinajstić information content (AvgIpc) is 3.03. The summed E-state index contributed by atoms with van der Waals surface area (Å²) in [5.41, 5.74) is 2.15. The van der Waals surface area contributed by atoms with Crippen LogP contribution in [0.25, 0.3) is 0 Å². The van der Waals surface area contributed by atoms with Crippen LogP contribution >= 0.6 is 0 Å². The molecule has 1 aromatic heterocycles. The smallest absolute Gasteiger partial charge is 0.319 e. The SMILES string of the molecule is Cc1cccc(COC[C@]23CCC[C@H]2CN(C(=O)N(C)C)C3)n1. The monoisotopic (exact) mass is 317 g/mol. The fraction of sp³-hybridized carbons (Fsp3) is 0.667. The van der Waals surface area contributed by atoms with Crippen molar-refractivity contribution in [1.82, 2.24) is 14.8 Å². The van der Waals surface area contributed by atoms with E-state index in [-0.39, 0.29) is 11.4 Å². The molecular weight excluding hydrogens is 290 g/mol. The lowest BCUT2D eigenvalue weighted by atomic mass is 9.81. The second-order valence-electron chi connectivity index (χ2n) is 7.27. The third-order valence-corrected chi connectivity index (χ3v) is 5.28. The van der Waals surface area contributed by atoms with Crippen LogP contribution in [0.15, 0.2) is 18.2 Å². The van der Waals surface area contributed by atoms with E-state index >= 15 is 0 Å². The van der Waals surface area contributed by atoms with E-state index in [0.29, 0.717) is 12.5 Å². The van der Waals surface area contributed by atoms with E-state index in [1.54, 1.807) is 4.90 Å². The van der Waals surface area contributed by atoms with Gasteiger partial charge in [-0.15, -0.1) is 0 Å². The first kappa shape index (κ1) is 16.2. The van der Waals surface area contributed by atoms with E-state index in [2.05, 4.69) is 4.98 Å². The minimum Gasteiger partial charge on any atom is -0.375 e. The molecule has 0 spiro atoms. The van der Waals surface area contributed by atoms with E-state index in [4.69, 9.17) is 4.74 Å². The lowest BCUT2D eigenvalue weighted by Crippen LogP contribution is -2.40. The van der Waals surface area contributed by atoms with Crippen molar-refractivity contribution >= 4 is 6.03 Å². The highest BCUT2D eigenvalue weighted by Gasteiger charge is 2.50. The number of urea groups is 1. The predicted molar refractivity (Wildman–Crippen MR) is 89.1 cm³/mol. The molecule has 1 saturated heterocycles. The number of rotatable bonds is 4. The lowest BCUT2D eigenvalue weighted by molar-refractivity contribution is 0.0263. The molecule has 2 amide bonds. The van der Waals surface area contributed by atoms with Crippen molar-refractivity contribution in [1.29, 1.82) is 0 Å². The predicted octanol–water partition coefficient (Wildman–Crippen LogP) is 2.69. The molecule has 2 atom stereocenters. The minimum atomic E-state index is 0.124. The van der Waals surface area contributed by atoms with E-state index in [1.165, 1.54) is 12.8 Å². The van der Waals surface area contributed by atoms with Crippen molar-refractivity contribution in [2.24, 2.45) is 11.3 Å². The summed E-state index contributed by atoms with van der Waals surface area (Å²) in [7, 11) is 3.64. The molecule has 2 fully saturated rings. The normalized spacial score (nSPS) is 26.4. The van der Waals surface area contributed by atoms with Crippen LogP contribution in [0.2, 0.25) is 0 Å². The van der Waals surface area contributed by atoms with Gasteiger partial charge in [0.15, 0.2) is 0 Å². The van der Waals surface area contributed by atoms with E-state index in [1.807, 2.05) is 44.1 Å². The highest BCUT2D eigenvalue weighted by molar-refractivity contribution is 5.74. The summed E-state index contributed by atoms with van der Waals surface area (Å²) in [5.74, 6) is 0.580. The first-order valence-corrected chi connectivity index (χ1v) is 8.47. The van der Waals surface area contributed by atoms with E-state index in [0.717, 1.165) is 37.5 Å². The Morgan fingerprint density at radius 3 is 3.04 bits per heavy atom. The lowest BCUT2D eigenvalue weighted by Gasteiger charge is -2.29. The van der Waals surface area contributed by atoms with Gasteiger partial charge in [0.25, 0.3) is 0 Å². The summed E-state index contributed by atoms with van der Waals surface area (Å²) in [6.07, 6.45) is 3.63. The third-order valence-electron chi connectivity index (χ3n) is 5.28. The Kier molecular flexibility index (Phi) is 4.57. The molecular formula is C18H27N3O2. The summed E-state index contributed by atoms with van der Waals surface area (Å²) >= 11 is 0. The Balaban J connectivity index is 1.60. The zero-order valence-corrected chi connectivity index (χ0v) is 14.4. The number of hydrogen-bond acceptors (Lipinski definition) is 3. The van der Waals surface area contributed by atoms with E-state index < -0.39 is 0 Å². The minimum absolute atomic E-state index is 0.124. The second kappa shape index (κ2) is 6.48. The zero-order chi connectivity index (χ0) is 16.4. The van der Waals surface area contributed by atoms with Crippen molar-refractivity contribution in [3.63, 3.8) is 0 Å². The van der Waals surface area contributed by atoms with Crippen LogP contribution in [0, 0.1) is 18.3 Å². The molecule has 5 heteroatoms. The number of amides is 2. The number of carbonyl (C=O) groups is 1. The molecule has 2 aliphatic rings. The summed E-state index contributed by atoms with van der Waals surface area (Å²) in [4.78, 5) is 20.4. The molecule has 0 aromatic carbocycles. The van der Waals surface area contributed by atoms with Gasteiger partial charge in [0, 0.05) is 38.3 Å². The number of ether oxygens (including phenoxy) is 1. The van der Waals surface area contributed by atoms with Gasteiger partial charge in [0.1, 0.15) is 0 Å². The van der Waals surface area contributed by atoms with Gasteiger partial charge in [-0.25, -0.2) is 4.79 Å². The van der Waals surface area contributed by atoms with Gasteiger partial charge in [-0.05, 0) is 37.8 Å². The Morgan fingerprint density at radius 1 is 1.48 bits per heavy atom. The Morgan fingerprint density at radius 2 is 2.30 bits per heavy atom. The molecule has 2 heterocycles. The Hall–Kier alpha value is -1.62. The molecule has 0 radical (unpaired) electrons. The maximum Gasteiger partial charge on any atom is 0.319 e. The van der Waals surface area contributed by atoms with Gasteiger partial charge >= 0.3 is 6.03 Å². The molecule has 0 N–H and O–H groups in total. The molecule has 0 unspecified atom stereocenters. The number of aryl methyl sites for hydroxylation is 1. The van der Waals surface area contributed by atoms with Crippen LogP contribution in [0.5, 0.6) is 0 Å². The number of hydrogen-bond donors (Lipinski definition) is 0. The van der Waals surface area contributed by atoms with Gasteiger partial charge in [-0.3, -0.25) is 4.98 Å². The van der Waals surface area contributed by atoms with Crippen molar-refractivity contribution in [2.75, 3.05) is 33.8 Å². The van der Waals surface area contributed by atoms with Gasteiger partial charge in [-0.2, -0.15) is 0 Å². The van der Waals surface area contributed by atoms with Gasteiger partial charge in [0.05, 0.1) is 18.9 Å². The highest BCUT2D eigenvalue weighted by Crippen LogP contribution is 2.49. The Bertz CT molecular complexity index is 575. The number of carbonyl (C=O) groups excluding carboxylic acids is 1. The highest BCUT2D eigenvalue weighted by atomic mass is 16.5. The zero-order valence-electron chi connectivity index (χ0n) is 14.4. The summed E-state index contributed by atoms with van der Waals surface area (Å²) < 4.78 is 6.04. The molecule has 1 aromatic rings. The number of nitrogens with zero attached hydrogens (tertiary/aromatic N) is 3. The Labute approximate surface area is 138 Å². The number of aromatic nitrogens is 1. The fourth-order valence-corrected chi connectivity index (χ4v) is 4.12. The van der Waals surface area contributed by atoms with Crippen molar-refractivity contribution in [2.45, 2.75) is 32.8 Å². The maximum atomic E-state index is 12.3. The fourth-order valence-electron chi connectivity index (χ4n) is 4.12. The van der Waals surface area contributed by atoms with Gasteiger partial charge in [0.2, 0.25) is 0 Å². The van der Waals surface area contributed by atoms with Crippen LogP contribution in [-0.2, 0) is 11.3 Å². The summed E-state index contributed by atoms with van der Waals surface area (Å²) in [6.45, 7) is 4.98. The molecule has 5 nitrogen and oxygen atoms in total. The van der Waals surface area contributed by atoms with Gasteiger partial charge in [-0.1, -0.05) is 12.5 Å². The molecule has 0 bridgehead atoms. The molecule has 1 aliphatic heterocycles. The van der Waals surface area contributed by atoms with Crippen LogP contribution in [0.3, 0.4) is 0 Å². The third kappa shape index (κ3) is 3.34. The molecule has 23 heavy (non-hydrogen) atoms. The van der Waals surface area contributed by atoms with Crippen LogP contribution in [0.1, 0.15) is 30.7 Å². The van der Waals surface area contributed by atoms with Crippen LogP contribution in [-0.4, -0.2) is 54.6 Å². The van der Waals surface area contributed by atoms with Crippen LogP contribution in [0.4, 0.5) is 4.79 Å². The molecule has 1 aliphatic carbocycles. The standard InChI is InChI=1S/C18H27N3O2/c1-14-6-4-8-16(19-14)11-23-13-18-9-5-7-15(18)10-21(12-18)17(22)20(2)3/h4,6,8,15H,5,7,9-13H2,1-3H3/t15-,18+/m0/s1. The van der Waals surface area contributed by atoms with Crippen LogP contribution < -0.4 is 0 Å². The summed E-state index contributed by atoms with van der Waals surface area (Å²) in [6, 6.07) is 6.15. The van der Waals surface area contributed by atoms with Gasteiger partial charge < -0.3 is 14.5 Å². The first-order valence-electron chi connectivity index (χ1n) is 8.47. The summed E-state index contributed by atoms with van der Waals surface area (Å²) in [5, 5.41) is 0. The first-order chi connectivity index (χ1) is 11.0. The van der Waals surface area contributed by atoms with Crippen molar-refractivity contribution < 1.29 is 9.53 Å². The molecule has 126 valence electrons. The van der Waals surface area contributed by atoms with Crippen molar-refractivity contribution in [3.8, 4) is 0 Å². The molecule has 3 rings (SSSR count). The topological polar surface area (TPSA) is 45.7 Å². The van der Waals surface area contributed by atoms with Crippen molar-refractivity contribution in [3.05, 3.63) is 29.6 Å².